The summed E-state index contributed by atoms with van der Waals surface area (Å²) in [4.78, 5) is 15.7. The number of alkyl halides is 1. The highest BCUT2D eigenvalue weighted by molar-refractivity contribution is 6.17. The van der Waals surface area contributed by atoms with E-state index in [4.69, 9.17) is 11.6 Å². The zero-order chi connectivity index (χ0) is 13.7. The molecule has 1 fully saturated rings. The second kappa shape index (κ2) is 6.75. The highest BCUT2D eigenvalue weighted by atomic mass is 35.5. The second-order valence-corrected chi connectivity index (χ2v) is 4.99. The van der Waals surface area contributed by atoms with Gasteiger partial charge in [-0.25, -0.2) is 4.39 Å². The number of benzene rings is 1. The van der Waals surface area contributed by atoms with Gasteiger partial charge in [0, 0.05) is 38.5 Å². The first kappa shape index (κ1) is 14.1. The number of hydrogen-bond donors (Lipinski definition) is 0. The van der Waals surface area contributed by atoms with Crippen LogP contribution in [0.2, 0.25) is 0 Å². The van der Waals surface area contributed by atoms with Crippen LogP contribution in [0.1, 0.15) is 12.8 Å². The van der Waals surface area contributed by atoms with Crippen LogP contribution in [0.25, 0.3) is 0 Å². The molecule has 5 heteroatoms. The van der Waals surface area contributed by atoms with E-state index in [1.807, 2.05) is 15.9 Å². The van der Waals surface area contributed by atoms with Gasteiger partial charge in [-0.1, -0.05) is 12.1 Å². The van der Waals surface area contributed by atoms with Crippen molar-refractivity contribution in [2.45, 2.75) is 12.8 Å². The van der Waals surface area contributed by atoms with Gasteiger partial charge < -0.3 is 9.80 Å². The van der Waals surface area contributed by atoms with Crippen molar-refractivity contribution in [1.29, 1.82) is 0 Å². The predicted octanol–water partition coefficient (Wildman–Crippen LogP) is 2.49. The molecule has 1 aliphatic heterocycles. The molecule has 2 rings (SSSR count). The minimum absolute atomic E-state index is 0.147. The molecule has 0 aromatic heterocycles. The van der Waals surface area contributed by atoms with E-state index in [0.717, 1.165) is 0 Å². The highest BCUT2D eigenvalue weighted by Crippen LogP contribution is 2.20. The van der Waals surface area contributed by atoms with Crippen LogP contribution in [0.15, 0.2) is 24.3 Å². The molecule has 1 aliphatic rings. The summed E-state index contributed by atoms with van der Waals surface area (Å²) in [6.07, 6.45) is 1.22. The fourth-order valence-corrected chi connectivity index (χ4v) is 2.41. The van der Waals surface area contributed by atoms with Gasteiger partial charge in [-0.15, -0.1) is 11.6 Å². The largest absolute Gasteiger partial charge is 0.366 e. The zero-order valence-corrected chi connectivity index (χ0v) is 11.6. The van der Waals surface area contributed by atoms with Crippen molar-refractivity contribution in [2.75, 3.05) is 37.0 Å². The number of piperazine rings is 1. The maximum atomic E-state index is 13.7. The molecule has 3 nitrogen and oxygen atoms in total. The molecule has 0 atom stereocenters. The first-order valence-electron chi connectivity index (χ1n) is 6.55. The minimum Gasteiger partial charge on any atom is -0.366 e. The first-order chi connectivity index (χ1) is 9.22. The van der Waals surface area contributed by atoms with Gasteiger partial charge in [-0.05, 0) is 18.6 Å². The Bertz CT molecular complexity index is 433. The smallest absolute Gasteiger partial charge is 0.222 e. The van der Waals surface area contributed by atoms with Crippen molar-refractivity contribution < 1.29 is 9.18 Å². The monoisotopic (exact) mass is 284 g/mol. The lowest BCUT2D eigenvalue weighted by atomic mass is 10.2. The van der Waals surface area contributed by atoms with Crippen molar-refractivity contribution in [3.05, 3.63) is 30.1 Å². The molecule has 1 heterocycles. The number of carbonyl (C=O) groups excluding carboxylic acids is 1. The predicted molar refractivity (Wildman–Crippen MR) is 75.1 cm³/mol. The summed E-state index contributed by atoms with van der Waals surface area (Å²) < 4.78 is 13.7. The Labute approximate surface area is 117 Å². The average Bonchev–Trinajstić information content (AvgIpc) is 2.45. The molecule has 0 saturated carbocycles. The van der Waals surface area contributed by atoms with E-state index in [-0.39, 0.29) is 11.7 Å². The van der Waals surface area contributed by atoms with Crippen molar-refractivity contribution in [3.8, 4) is 0 Å². The van der Waals surface area contributed by atoms with E-state index in [9.17, 15) is 9.18 Å². The molecule has 1 aromatic carbocycles. The number of para-hydroxylation sites is 1. The SMILES string of the molecule is O=C(CCCCl)N1CCN(c2ccccc2F)CC1. The minimum atomic E-state index is -0.204. The van der Waals surface area contributed by atoms with Gasteiger partial charge in [0.15, 0.2) is 0 Å². The van der Waals surface area contributed by atoms with Gasteiger partial charge in [0.05, 0.1) is 5.69 Å². The van der Waals surface area contributed by atoms with Gasteiger partial charge in [-0.3, -0.25) is 4.79 Å². The second-order valence-electron chi connectivity index (χ2n) is 4.61. The number of halogens is 2. The quantitative estimate of drug-likeness (QED) is 0.793. The third-order valence-corrected chi connectivity index (χ3v) is 3.62. The van der Waals surface area contributed by atoms with E-state index >= 15 is 0 Å². The van der Waals surface area contributed by atoms with Crippen LogP contribution in [0, 0.1) is 5.82 Å². The average molecular weight is 285 g/mol. The Morgan fingerprint density at radius 1 is 1.21 bits per heavy atom. The Hall–Kier alpha value is -1.29. The van der Waals surface area contributed by atoms with Gasteiger partial charge in [0.2, 0.25) is 5.91 Å². The summed E-state index contributed by atoms with van der Waals surface area (Å²) in [6, 6.07) is 6.76. The van der Waals surface area contributed by atoms with E-state index < -0.39 is 0 Å². The molecule has 104 valence electrons. The maximum Gasteiger partial charge on any atom is 0.222 e. The number of anilines is 1. The molecule has 0 aliphatic carbocycles. The lowest BCUT2D eigenvalue weighted by Crippen LogP contribution is -2.49. The molecule has 0 radical (unpaired) electrons. The van der Waals surface area contributed by atoms with Crippen molar-refractivity contribution in [3.63, 3.8) is 0 Å². The van der Waals surface area contributed by atoms with Crippen molar-refractivity contribution >= 4 is 23.2 Å². The number of amides is 1. The summed E-state index contributed by atoms with van der Waals surface area (Å²) in [7, 11) is 0. The normalized spacial score (nSPS) is 15.7. The molecular weight excluding hydrogens is 267 g/mol. The summed E-state index contributed by atoms with van der Waals surface area (Å²) in [5.41, 5.74) is 0.621. The zero-order valence-electron chi connectivity index (χ0n) is 10.8. The maximum absolute atomic E-state index is 13.7. The summed E-state index contributed by atoms with van der Waals surface area (Å²) in [5, 5.41) is 0. The van der Waals surface area contributed by atoms with Crippen LogP contribution in [-0.2, 0) is 4.79 Å². The van der Waals surface area contributed by atoms with Crippen molar-refractivity contribution in [1.82, 2.24) is 4.90 Å². The fourth-order valence-electron chi connectivity index (χ4n) is 2.28. The molecule has 1 amide bonds. The van der Waals surface area contributed by atoms with Gasteiger partial charge in [0.1, 0.15) is 5.82 Å². The number of nitrogens with zero attached hydrogens (tertiary/aromatic N) is 2. The van der Waals surface area contributed by atoms with Crippen LogP contribution in [0.3, 0.4) is 0 Å². The van der Waals surface area contributed by atoms with Gasteiger partial charge in [-0.2, -0.15) is 0 Å². The molecule has 1 aromatic rings. The van der Waals surface area contributed by atoms with E-state index in [0.29, 0.717) is 50.6 Å². The highest BCUT2D eigenvalue weighted by Gasteiger charge is 2.22. The molecule has 0 unspecified atom stereocenters. The summed E-state index contributed by atoms with van der Waals surface area (Å²) in [6.45, 7) is 2.64. The van der Waals surface area contributed by atoms with E-state index in [1.165, 1.54) is 6.07 Å². The molecule has 0 spiro atoms. The number of rotatable bonds is 4. The van der Waals surface area contributed by atoms with Crippen LogP contribution in [0.4, 0.5) is 10.1 Å². The molecule has 19 heavy (non-hydrogen) atoms. The summed E-state index contributed by atoms with van der Waals surface area (Å²) >= 11 is 5.58. The van der Waals surface area contributed by atoms with Crippen LogP contribution in [-0.4, -0.2) is 42.9 Å². The lowest BCUT2D eigenvalue weighted by molar-refractivity contribution is -0.131. The number of hydrogen-bond acceptors (Lipinski definition) is 2. The fraction of sp³-hybridized carbons (Fsp3) is 0.500. The van der Waals surface area contributed by atoms with Crippen LogP contribution < -0.4 is 4.90 Å². The Morgan fingerprint density at radius 3 is 2.53 bits per heavy atom. The van der Waals surface area contributed by atoms with Gasteiger partial charge >= 0.3 is 0 Å². The summed E-state index contributed by atoms with van der Waals surface area (Å²) in [5.74, 6) is 0.458. The number of carbonyl (C=O) groups is 1. The van der Waals surface area contributed by atoms with E-state index in [2.05, 4.69) is 0 Å². The third kappa shape index (κ3) is 3.60. The van der Waals surface area contributed by atoms with Crippen molar-refractivity contribution in [2.24, 2.45) is 0 Å². The molecular formula is C14H18ClFN2O. The van der Waals surface area contributed by atoms with Crippen LogP contribution in [0.5, 0.6) is 0 Å². The molecule has 0 N–H and O–H groups in total. The third-order valence-electron chi connectivity index (χ3n) is 3.35. The molecule has 1 saturated heterocycles. The van der Waals surface area contributed by atoms with E-state index in [1.54, 1.807) is 12.1 Å². The lowest BCUT2D eigenvalue weighted by Gasteiger charge is -2.36. The Balaban J connectivity index is 1.89. The Kier molecular flexibility index (Phi) is 5.02. The topological polar surface area (TPSA) is 23.6 Å². The van der Waals surface area contributed by atoms with Gasteiger partial charge in [0.25, 0.3) is 0 Å². The molecule has 0 bridgehead atoms. The standard InChI is InChI=1S/C14H18ClFN2O/c15-7-3-6-14(19)18-10-8-17(9-11-18)13-5-2-1-4-12(13)16/h1-2,4-5H,3,6-11H2. The first-order valence-corrected chi connectivity index (χ1v) is 7.09. The Morgan fingerprint density at radius 2 is 1.89 bits per heavy atom. The van der Waals surface area contributed by atoms with Crippen LogP contribution >= 0.6 is 11.6 Å².